The maximum atomic E-state index is 10.9. The van der Waals surface area contributed by atoms with Crippen LogP contribution in [0.15, 0.2) is 60.9 Å². The van der Waals surface area contributed by atoms with Crippen LogP contribution in [0, 0.1) is 0 Å². The first-order chi connectivity index (χ1) is 17.1. The van der Waals surface area contributed by atoms with Crippen molar-refractivity contribution in [2.75, 3.05) is 63.5 Å². The Morgan fingerprint density at radius 1 is 0.943 bits per heavy atom. The number of hydrogen-bond acceptors (Lipinski definition) is 8. The lowest BCUT2D eigenvalue weighted by Gasteiger charge is -2.33. The normalized spacial score (nSPS) is 14.5. The molecule has 4 N–H and O–H groups in total. The Morgan fingerprint density at radius 3 is 2.51 bits per heavy atom. The third-order valence-electron chi connectivity index (χ3n) is 5.97. The van der Waals surface area contributed by atoms with Gasteiger partial charge < -0.3 is 21.1 Å². The van der Waals surface area contributed by atoms with Gasteiger partial charge in [0, 0.05) is 69.5 Å². The molecule has 1 aliphatic rings. The van der Waals surface area contributed by atoms with Crippen molar-refractivity contribution in [1.82, 2.24) is 25.1 Å². The predicted molar refractivity (Wildman–Crippen MR) is 139 cm³/mol. The molecule has 0 spiro atoms. The van der Waals surface area contributed by atoms with Gasteiger partial charge in [-0.15, -0.1) is 0 Å². The molecule has 4 rings (SSSR count). The summed E-state index contributed by atoms with van der Waals surface area (Å²) in [5.74, 6) is 0.870. The highest BCUT2D eigenvalue weighted by atomic mass is 16.4. The summed E-state index contributed by atoms with van der Waals surface area (Å²) in [7, 11) is 1.93. The molecule has 0 unspecified atom stereocenters. The van der Waals surface area contributed by atoms with Gasteiger partial charge >= 0.3 is 5.97 Å². The molecule has 0 amide bonds. The highest BCUT2D eigenvalue weighted by Crippen LogP contribution is 2.24. The van der Waals surface area contributed by atoms with Crippen molar-refractivity contribution in [3.05, 3.63) is 66.5 Å². The highest BCUT2D eigenvalue weighted by molar-refractivity contribution is 5.69. The van der Waals surface area contributed by atoms with Gasteiger partial charge in [-0.1, -0.05) is 12.1 Å². The van der Waals surface area contributed by atoms with Crippen LogP contribution in [-0.4, -0.2) is 83.7 Å². The SMILES string of the molecule is CNCCNc1ccc(-c2ccnc(Nc3cccc(CN4CCN(CC(=O)O)CC4)c3)c2)cn1. The van der Waals surface area contributed by atoms with Gasteiger partial charge in [0.05, 0.1) is 6.54 Å². The molecular weight excluding hydrogens is 442 g/mol. The number of likely N-dealkylation sites (N-methyl/N-ethyl adjacent to an activating group) is 1. The molecule has 1 saturated heterocycles. The molecule has 3 aromatic rings. The maximum absolute atomic E-state index is 10.9. The highest BCUT2D eigenvalue weighted by Gasteiger charge is 2.18. The van der Waals surface area contributed by atoms with Crippen LogP contribution in [-0.2, 0) is 11.3 Å². The molecule has 1 fully saturated rings. The minimum Gasteiger partial charge on any atom is -0.480 e. The van der Waals surface area contributed by atoms with Crippen LogP contribution in [0.25, 0.3) is 11.1 Å². The van der Waals surface area contributed by atoms with Crippen molar-refractivity contribution in [2.45, 2.75) is 6.54 Å². The second kappa shape index (κ2) is 12.3. The zero-order chi connectivity index (χ0) is 24.5. The number of aliphatic carboxylic acids is 1. The summed E-state index contributed by atoms with van der Waals surface area (Å²) in [6.07, 6.45) is 3.68. The van der Waals surface area contributed by atoms with Crippen LogP contribution < -0.4 is 16.0 Å². The van der Waals surface area contributed by atoms with E-state index in [2.05, 4.69) is 49.0 Å². The Kier molecular flexibility index (Phi) is 8.61. The molecular formula is C26H33N7O2. The fraction of sp³-hybridized carbons (Fsp3) is 0.346. The quantitative estimate of drug-likeness (QED) is 0.312. The van der Waals surface area contributed by atoms with Gasteiger partial charge in [-0.3, -0.25) is 14.6 Å². The number of piperazine rings is 1. The molecule has 1 aliphatic heterocycles. The molecule has 0 aliphatic carbocycles. The monoisotopic (exact) mass is 475 g/mol. The molecule has 0 bridgehead atoms. The molecule has 1 aromatic carbocycles. The van der Waals surface area contributed by atoms with Gasteiger partial charge in [0.2, 0.25) is 0 Å². The zero-order valence-corrected chi connectivity index (χ0v) is 20.1. The number of aromatic nitrogens is 2. The lowest BCUT2D eigenvalue weighted by molar-refractivity contribution is -0.138. The first-order valence-corrected chi connectivity index (χ1v) is 11.9. The van der Waals surface area contributed by atoms with E-state index in [0.717, 1.165) is 74.3 Å². The first-order valence-electron chi connectivity index (χ1n) is 11.9. The minimum absolute atomic E-state index is 0.118. The third kappa shape index (κ3) is 7.48. The number of benzene rings is 1. The summed E-state index contributed by atoms with van der Waals surface area (Å²) >= 11 is 0. The van der Waals surface area contributed by atoms with Crippen LogP contribution >= 0.6 is 0 Å². The van der Waals surface area contributed by atoms with Crippen molar-refractivity contribution in [3.63, 3.8) is 0 Å². The smallest absolute Gasteiger partial charge is 0.317 e. The molecule has 184 valence electrons. The number of pyridine rings is 2. The molecule has 2 aromatic heterocycles. The van der Waals surface area contributed by atoms with Crippen LogP contribution in [0.4, 0.5) is 17.3 Å². The minimum atomic E-state index is -0.764. The Balaban J connectivity index is 1.35. The molecule has 0 saturated carbocycles. The first kappa shape index (κ1) is 24.6. The number of rotatable bonds is 11. The Bertz CT molecular complexity index is 1100. The lowest BCUT2D eigenvalue weighted by Crippen LogP contribution is -2.47. The third-order valence-corrected chi connectivity index (χ3v) is 5.97. The second-order valence-corrected chi connectivity index (χ2v) is 8.66. The van der Waals surface area contributed by atoms with Gasteiger partial charge in [0.25, 0.3) is 0 Å². The Labute approximate surface area is 206 Å². The average Bonchev–Trinajstić information content (AvgIpc) is 2.86. The number of carboxylic acids is 1. The summed E-state index contributed by atoms with van der Waals surface area (Å²) in [6.45, 7) is 5.96. The van der Waals surface area contributed by atoms with Crippen molar-refractivity contribution in [1.29, 1.82) is 0 Å². The number of hydrogen-bond donors (Lipinski definition) is 4. The summed E-state index contributed by atoms with van der Waals surface area (Å²) in [6, 6.07) is 16.4. The van der Waals surface area contributed by atoms with Gasteiger partial charge in [-0.05, 0) is 54.6 Å². The summed E-state index contributed by atoms with van der Waals surface area (Å²) < 4.78 is 0. The van der Waals surface area contributed by atoms with Crippen LogP contribution in [0.1, 0.15) is 5.56 Å². The number of nitrogens with one attached hydrogen (secondary N) is 3. The van der Waals surface area contributed by atoms with E-state index in [1.165, 1.54) is 5.56 Å². The van der Waals surface area contributed by atoms with E-state index < -0.39 is 5.97 Å². The summed E-state index contributed by atoms with van der Waals surface area (Å²) in [5.41, 5.74) is 4.28. The van der Waals surface area contributed by atoms with Crippen LogP contribution in [0.3, 0.4) is 0 Å². The van der Waals surface area contributed by atoms with E-state index >= 15 is 0 Å². The zero-order valence-electron chi connectivity index (χ0n) is 20.1. The van der Waals surface area contributed by atoms with E-state index in [1.807, 2.05) is 48.5 Å². The van der Waals surface area contributed by atoms with E-state index in [4.69, 9.17) is 5.11 Å². The van der Waals surface area contributed by atoms with E-state index in [9.17, 15) is 4.79 Å². The number of carbonyl (C=O) groups is 1. The number of anilines is 3. The van der Waals surface area contributed by atoms with E-state index in [1.54, 1.807) is 6.20 Å². The van der Waals surface area contributed by atoms with Gasteiger partial charge in [-0.2, -0.15) is 0 Å². The molecule has 9 nitrogen and oxygen atoms in total. The van der Waals surface area contributed by atoms with Gasteiger partial charge in [0.1, 0.15) is 11.6 Å². The van der Waals surface area contributed by atoms with Crippen molar-refractivity contribution < 1.29 is 9.90 Å². The van der Waals surface area contributed by atoms with Gasteiger partial charge in [-0.25, -0.2) is 9.97 Å². The Hall–Kier alpha value is -3.53. The average molecular weight is 476 g/mol. The molecule has 9 heteroatoms. The van der Waals surface area contributed by atoms with Crippen molar-refractivity contribution in [3.8, 4) is 11.1 Å². The second-order valence-electron chi connectivity index (χ2n) is 8.66. The fourth-order valence-electron chi connectivity index (χ4n) is 4.11. The predicted octanol–water partition coefficient (Wildman–Crippen LogP) is 2.72. The number of carboxylic acid groups (broad SMARTS) is 1. The van der Waals surface area contributed by atoms with Crippen molar-refractivity contribution >= 4 is 23.3 Å². The van der Waals surface area contributed by atoms with Crippen molar-refractivity contribution in [2.24, 2.45) is 0 Å². The van der Waals surface area contributed by atoms with E-state index in [-0.39, 0.29) is 6.54 Å². The molecule has 0 atom stereocenters. The maximum Gasteiger partial charge on any atom is 0.317 e. The molecule has 35 heavy (non-hydrogen) atoms. The number of nitrogens with zero attached hydrogens (tertiary/aromatic N) is 4. The standard InChI is InChI=1S/C26H33N7O2/c1-27-9-10-29-24-6-5-22(17-30-24)21-7-8-28-25(16-21)31-23-4-2-3-20(15-23)18-32-11-13-33(14-12-32)19-26(34)35/h2-8,15-17,27H,9-14,18-19H2,1H3,(H,28,31)(H,29,30)(H,34,35). The largest absolute Gasteiger partial charge is 0.480 e. The topological polar surface area (TPSA) is 106 Å². The van der Waals surface area contributed by atoms with Gasteiger partial charge in [0.15, 0.2) is 0 Å². The fourth-order valence-corrected chi connectivity index (χ4v) is 4.11. The van der Waals surface area contributed by atoms with Crippen LogP contribution in [0.5, 0.6) is 0 Å². The molecule has 0 radical (unpaired) electrons. The Morgan fingerprint density at radius 2 is 1.77 bits per heavy atom. The van der Waals surface area contributed by atoms with Crippen LogP contribution in [0.2, 0.25) is 0 Å². The lowest BCUT2D eigenvalue weighted by atomic mass is 10.1. The summed E-state index contributed by atoms with van der Waals surface area (Å²) in [5, 5.41) is 18.8. The molecule has 3 heterocycles. The summed E-state index contributed by atoms with van der Waals surface area (Å²) in [4.78, 5) is 24.3. The van der Waals surface area contributed by atoms with E-state index in [0.29, 0.717) is 0 Å².